The number of benzene rings is 7. The standard InChI is InChI=1S/C58H46F6N2/c1-55(2,3)39-29-25-35(26-30-39)47-33-45(51(57(59,60)61)53(65-47)37-17-9-7-10-18-37)49-41-21-13-15-23-43(41)50(44-24-16-14-22-42(44)49)46-34-48(36-27-31-40(32-28-36)56(4,5)6)66-54(52(46)58(62,63)64)38-19-11-8-12-20-38/h7-34H,1-6H3. The molecule has 0 aliphatic carbocycles. The molecule has 66 heavy (non-hydrogen) atoms. The first-order valence-electron chi connectivity index (χ1n) is 21.8. The van der Waals surface area contributed by atoms with Gasteiger partial charge >= 0.3 is 12.4 Å². The van der Waals surface area contributed by atoms with Gasteiger partial charge in [-0.25, -0.2) is 9.97 Å². The lowest BCUT2D eigenvalue weighted by atomic mass is 9.82. The third-order valence-electron chi connectivity index (χ3n) is 12.3. The number of fused-ring (bicyclic) bond motifs is 2. The van der Waals surface area contributed by atoms with Crippen molar-refractivity contribution in [3.8, 4) is 67.3 Å². The molecule has 0 saturated heterocycles. The summed E-state index contributed by atoms with van der Waals surface area (Å²) in [6.07, 6.45) is -9.81. The van der Waals surface area contributed by atoms with Crippen LogP contribution < -0.4 is 0 Å². The van der Waals surface area contributed by atoms with Gasteiger partial charge in [0.05, 0.1) is 33.9 Å². The highest BCUT2D eigenvalue weighted by molar-refractivity contribution is 6.22. The maximum atomic E-state index is 16.1. The van der Waals surface area contributed by atoms with Crippen LogP contribution in [0.15, 0.2) is 170 Å². The Bertz CT molecular complexity index is 2970. The van der Waals surface area contributed by atoms with Crippen molar-refractivity contribution in [1.29, 1.82) is 0 Å². The van der Waals surface area contributed by atoms with Crippen molar-refractivity contribution in [1.82, 2.24) is 9.97 Å². The van der Waals surface area contributed by atoms with Crippen molar-refractivity contribution in [2.24, 2.45) is 0 Å². The molecular formula is C58H46F6N2. The Balaban J connectivity index is 1.42. The van der Waals surface area contributed by atoms with Crippen molar-refractivity contribution in [2.75, 3.05) is 0 Å². The van der Waals surface area contributed by atoms with Crippen LogP contribution in [-0.2, 0) is 23.2 Å². The predicted molar refractivity (Wildman–Crippen MR) is 257 cm³/mol. The molecule has 2 heterocycles. The Kier molecular flexibility index (Phi) is 11.0. The molecule has 2 nitrogen and oxygen atoms in total. The first-order valence-corrected chi connectivity index (χ1v) is 21.8. The highest BCUT2D eigenvalue weighted by Crippen LogP contribution is 2.53. The third-order valence-corrected chi connectivity index (χ3v) is 12.3. The van der Waals surface area contributed by atoms with E-state index >= 15 is 26.3 Å². The Morgan fingerprint density at radius 1 is 0.333 bits per heavy atom. The SMILES string of the molecule is CC(C)(C)c1ccc(-c2cc(-c3c4ccccc4c(-c4cc(-c5ccc(C(C)(C)C)cc5)nc(-c5ccccc5)c4C(F)(F)F)c4ccccc34)c(C(F)(F)F)c(-c3ccccc3)n2)cc1. The van der Waals surface area contributed by atoms with Crippen LogP contribution in [0.4, 0.5) is 26.3 Å². The predicted octanol–water partition coefficient (Wildman–Crippen LogP) is 17.4. The van der Waals surface area contributed by atoms with Crippen molar-refractivity contribution >= 4 is 21.5 Å². The quantitative estimate of drug-likeness (QED) is 0.123. The molecule has 9 aromatic rings. The van der Waals surface area contributed by atoms with Crippen molar-refractivity contribution < 1.29 is 26.3 Å². The van der Waals surface area contributed by atoms with Gasteiger partial charge in [-0.2, -0.15) is 26.3 Å². The van der Waals surface area contributed by atoms with E-state index in [-0.39, 0.29) is 55.6 Å². The van der Waals surface area contributed by atoms with E-state index in [1.807, 2.05) is 48.5 Å². The molecule has 0 aliphatic heterocycles. The number of halogens is 6. The highest BCUT2D eigenvalue weighted by Gasteiger charge is 2.41. The average Bonchev–Trinajstić information content (AvgIpc) is 3.29. The number of hydrogen-bond donors (Lipinski definition) is 0. The maximum Gasteiger partial charge on any atom is 0.419 e. The summed E-state index contributed by atoms with van der Waals surface area (Å²) >= 11 is 0. The zero-order valence-electron chi connectivity index (χ0n) is 37.3. The van der Waals surface area contributed by atoms with Crippen LogP contribution in [-0.4, -0.2) is 9.97 Å². The molecule has 0 aliphatic rings. The van der Waals surface area contributed by atoms with Crippen molar-refractivity contribution in [2.45, 2.75) is 64.7 Å². The van der Waals surface area contributed by atoms with Gasteiger partial charge in [-0.15, -0.1) is 0 Å². The summed E-state index contributed by atoms with van der Waals surface area (Å²) in [5, 5.41) is 1.38. The molecule has 9 rings (SSSR count). The highest BCUT2D eigenvalue weighted by atomic mass is 19.4. The van der Waals surface area contributed by atoms with E-state index in [9.17, 15) is 0 Å². The van der Waals surface area contributed by atoms with E-state index in [0.717, 1.165) is 11.1 Å². The summed E-state index contributed by atoms with van der Waals surface area (Å²) < 4.78 is 96.3. The van der Waals surface area contributed by atoms with Crippen molar-refractivity contribution in [3.05, 3.63) is 192 Å². The maximum absolute atomic E-state index is 16.1. The van der Waals surface area contributed by atoms with Crippen LogP contribution in [0.25, 0.3) is 88.8 Å². The Hall–Kier alpha value is -7.06. The molecular weight excluding hydrogens is 839 g/mol. The topological polar surface area (TPSA) is 25.8 Å². The normalized spacial score (nSPS) is 12.5. The Morgan fingerprint density at radius 2 is 0.621 bits per heavy atom. The van der Waals surface area contributed by atoms with Gasteiger partial charge in [-0.1, -0.05) is 199 Å². The van der Waals surface area contributed by atoms with Crippen LogP contribution in [0.2, 0.25) is 0 Å². The van der Waals surface area contributed by atoms with E-state index in [4.69, 9.17) is 9.97 Å². The second-order valence-corrected chi connectivity index (χ2v) is 18.8. The van der Waals surface area contributed by atoms with E-state index in [1.165, 1.54) is 12.1 Å². The van der Waals surface area contributed by atoms with Gasteiger partial charge in [-0.3, -0.25) is 0 Å². The molecule has 0 unspecified atom stereocenters. The van der Waals surface area contributed by atoms with Crippen molar-refractivity contribution in [3.63, 3.8) is 0 Å². The summed E-state index contributed by atoms with van der Waals surface area (Å²) in [5.74, 6) is 0. The first kappa shape index (κ1) is 44.2. The van der Waals surface area contributed by atoms with Gasteiger partial charge < -0.3 is 0 Å². The second kappa shape index (κ2) is 16.4. The van der Waals surface area contributed by atoms with E-state index in [1.54, 1.807) is 109 Å². The first-order chi connectivity index (χ1) is 31.3. The smallest absolute Gasteiger partial charge is 0.247 e. The van der Waals surface area contributed by atoms with Gasteiger partial charge in [0.1, 0.15) is 0 Å². The lowest BCUT2D eigenvalue weighted by Gasteiger charge is -2.25. The fourth-order valence-electron chi connectivity index (χ4n) is 8.95. The molecule has 7 aromatic carbocycles. The zero-order valence-corrected chi connectivity index (χ0v) is 37.3. The molecule has 0 spiro atoms. The number of hydrogen-bond acceptors (Lipinski definition) is 2. The van der Waals surface area contributed by atoms with Gasteiger partial charge in [0.15, 0.2) is 0 Å². The fraction of sp³-hybridized carbons (Fsp3) is 0.172. The fourth-order valence-corrected chi connectivity index (χ4v) is 8.95. The zero-order chi connectivity index (χ0) is 46.8. The minimum atomic E-state index is -4.90. The third kappa shape index (κ3) is 8.25. The molecule has 0 atom stereocenters. The van der Waals surface area contributed by atoms with Crippen LogP contribution in [0, 0.1) is 0 Å². The van der Waals surface area contributed by atoms with E-state index in [0.29, 0.717) is 44.1 Å². The summed E-state index contributed by atoms with van der Waals surface area (Å²) in [6, 6.07) is 48.5. The molecule has 0 amide bonds. The Labute approximate surface area is 380 Å². The van der Waals surface area contributed by atoms with Gasteiger partial charge in [0, 0.05) is 22.3 Å². The average molecular weight is 885 g/mol. The van der Waals surface area contributed by atoms with Crippen LogP contribution in [0.1, 0.15) is 63.8 Å². The van der Waals surface area contributed by atoms with Gasteiger partial charge in [0.25, 0.3) is 0 Å². The molecule has 0 radical (unpaired) electrons. The van der Waals surface area contributed by atoms with Gasteiger partial charge in [0.2, 0.25) is 0 Å². The summed E-state index contributed by atoms with van der Waals surface area (Å²) in [6.45, 7) is 12.5. The number of alkyl halides is 6. The summed E-state index contributed by atoms with van der Waals surface area (Å²) in [5.41, 5.74) is 1.93. The summed E-state index contributed by atoms with van der Waals surface area (Å²) in [4.78, 5) is 9.53. The van der Waals surface area contributed by atoms with Crippen LogP contribution in [0.3, 0.4) is 0 Å². The van der Waals surface area contributed by atoms with E-state index < -0.39 is 23.5 Å². The molecule has 0 N–H and O–H groups in total. The number of rotatable bonds is 6. The van der Waals surface area contributed by atoms with Crippen LogP contribution in [0.5, 0.6) is 0 Å². The lowest BCUT2D eigenvalue weighted by molar-refractivity contribution is -0.137. The Morgan fingerprint density at radius 3 is 0.894 bits per heavy atom. The monoisotopic (exact) mass is 884 g/mol. The minimum Gasteiger partial charge on any atom is -0.247 e. The molecule has 8 heteroatoms. The molecule has 2 aromatic heterocycles. The second-order valence-electron chi connectivity index (χ2n) is 18.8. The largest absolute Gasteiger partial charge is 0.419 e. The minimum absolute atomic E-state index is 0.138. The summed E-state index contributed by atoms with van der Waals surface area (Å²) in [7, 11) is 0. The molecule has 330 valence electrons. The number of aromatic nitrogens is 2. The van der Waals surface area contributed by atoms with E-state index in [2.05, 4.69) is 41.5 Å². The lowest BCUT2D eigenvalue weighted by Crippen LogP contribution is -2.13. The molecule has 0 bridgehead atoms. The van der Waals surface area contributed by atoms with Gasteiger partial charge in [-0.05, 0) is 77.9 Å². The van der Waals surface area contributed by atoms with Crippen LogP contribution >= 0.6 is 0 Å². The molecule has 0 fully saturated rings. The number of nitrogens with zero attached hydrogens (tertiary/aromatic N) is 2. The number of pyridine rings is 2. The molecule has 0 saturated carbocycles.